The molecule has 0 saturated heterocycles. The third-order valence-corrected chi connectivity index (χ3v) is 6.79. The van der Waals surface area contributed by atoms with Crippen molar-refractivity contribution in [2.75, 3.05) is 13.7 Å². The van der Waals surface area contributed by atoms with Crippen LogP contribution in [0.4, 0.5) is 13.2 Å². The Bertz CT molecular complexity index is 780. The molecule has 0 aliphatic heterocycles. The van der Waals surface area contributed by atoms with Crippen LogP contribution in [0.25, 0.3) is 0 Å². The van der Waals surface area contributed by atoms with Crippen LogP contribution >= 0.6 is 11.6 Å². The number of carbonyl (C=O) groups is 1. The van der Waals surface area contributed by atoms with Gasteiger partial charge in [0, 0.05) is 13.2 Å². The molecule has 0 spiro atoms. The number of halogens is 4. The Balaban J connectivity index is 2.23. The highest BCUT2D eigenvalue weighted by molar-refractivity contribution is 7.92. The SMILES string of the molecule is CO[C@H]1C[C@@H](S(=O)(=O)c2ccc(OCC(F)(F)F)cc2Cl)C[C@@H]1C(=O)O. The van der Waals surface area contributed by atoms with Crippen LogP contribution in [-0.2, 0) is 19.4 Å². The third kappa shape index (κ3) is 4.60. The summed E-state index contributed by atoms with van der Waals surface area (Å²) in [7, 11) is -2.69. The molecule has 1 fully saturated rings. The average molecular weight is 417 g/mol. The van der Waals surface area contributed by atoms with Gasteiger partial charge in [-0.3, -0.25) is 4.79 Å². The number of rotatable bonds is 6. The summed E-state index contributed by atoms with van der Waals surface area (Å²) in [5.41, 5.74) is 0. The lowest BCUT2D eigenvalue weighted by Gasteiger charge is -2.15. The highest BCUT2D eigenvalue weighted by atomic mass is 35.5. The third-order valence-electron chi connectivity index (χ3n) is 4.13. The second-order valence-corrected chi connectivity index (χ2v) is 8.46. The maximum Gasteiger partial charge on any atom is 0.422 e. The van der Waals surface area contributed by atoms with Gasteiger partial charge in [-0.1, -0.05) is 11.6 Å². The molecule has 1 saturated carbocycles. The zero-order valence-electron chi connectivity index (χ0n) is 13.5. The van der Waals surface area contributed by atoms with E-state index in [2.05, 4.69) is 4.74 Å². The number of ether oxygens (including phenoxy) is 2. The molecule has 1 aromatic rings. The second kappa shape index (κ2) is 7.61. The topological polar surface area (TPSA) is 89.9 Å². The Morgan fingerprint density at radius 3 is 2.46 bits per heavy atom. The van der Waals surface area contributed by atoms with Gasteiger partial charge in [-0.05, 0) is 25.0 Å². The van der Waals surface area contributed by atoms with E-state index < -0.39 is 45.9 Å². The summed E-state index contributed by atoms with van der Waals surface area (Å²) in [6.45, 7) is -1.53. The molecule has 2 rings (SSSR count). The van der Waals surface area contributed by atoms with E-state index in [0.29, 0.717) is 0 Å². The van der Waals surface area contributed by atoms with Gasteiger partial charge in [0.2, 0.25) is 0 Å². The predicted molar refractivity (Wildman–Crippen MR) is 85.1 cm³/mol. The number of hydrogen-bond donors (Lipinski definition) is 1. The van der Waals surface area contributed by atoms with E-state index in [1.165, 1.54) is 7.11 Å². The first-order chi connectivity index (χ1) is 12.0. The first-order valence-corrected chi connectivity index (χ1v) is 9.36. The normalized spacial score (nSPS) is 23.8. The van der Waals surface area contributed by atoms with Gasteiger partial charge >= 0.3 is 12.1 Å². The summed E-state index contributed by atoms with van der Waals surface area (Å²) in [6, 6.07) is 3.11. The molecule has 0 radical (unpaired) electrons. The highest BCUT2D eigenvalue weighted by Crippen LogP contribution is 2.38. The Morgan fingerprint density at radius 1 is 1.35 bits per heavy atom. The van der Waals surface area contributed by atoms with E-state index in [1.54, 1.807) is 0 Å². The monoisotopic (exact) mass is 416 g/mol. The van der Waals surface area contributed by atoms with Gasteiger partial charge in [0.25, 0.3) is 0 Å². The first-order valence-electron chi connectivity index (χ1n) is 7.44. The second-order valence-electron chi connectivity index (χ2n) is 5.85. The van der Waals surface area contributed by atoms with Crippen LogP contribution in [0.5, 0.6) is 5.75 Å². The number of carboxylic acids is 1. The average Bonchev–Trinajstić information content (AvgIpc) is 2.97. The van der Waals surface area contributed by atoms with Gasteiger partial charge in [-0.25, -0.2) is 8.42 Å². The molecule has 1 aliphatic rings. The van der Waals surface area contributed by atoms with Crippen molar-refractivity contribution in [3.63, 3.8) is 0 Å². The quantitative estimate of drug-likeness (QED) is 0.766. The van der Waals surface area contributed by atoms with Gasteiger partial charge in [0.15, 0.2) is 16.4 Å². The van der Waals surface area contributed by atoms with Gasteiger partial charge in [0.05, 0.1) is 27.2 Å². The molecule has 11 heteroatoms. The minimum Gasteiger partial charge on any atom is -0.484 e. The van der Waals surface area contributed by atoms with Crippen LogP contribution in [-0.4, -0.2) is 50.7 Å². The molecular formula is C15H16ClF3O6S. The number of methoxy groups -OCH3 is 1. The first kappa shape index (κ1) is 20.8. The minimum absolute atomic E-state index is 0.0154. The van der Waals surface area contributed by atoms with E-state index in [9.17, 15) is 31.5 Å². The summed E-state index contributed by atoms with van der Waals surface area (Å²) in [5.74, 6) is -2.35. The highest BCUT2D eigenvalue weighted by Gasteiger charge is 2.45. The maximum atomic E-state index is 12.8. The Hall–Kier alpha value is -1.52. The van der Waals surface area contributed by atoms with Crippen LogP contribution in [0.1, 0.15) is 12.8 Å². The zero-order chi connectivity index (χ0) is 19.7. The lowest BCUT2D eigenvalue weighted by atomic mass is 10.1. The van der Waals surface area contributed by atoms with E-state index in [1.807, 2.05) is 0 Å². The molecule has 0 heterocycles. The zero-order valence-corrected chi connectivity index (χ0v) is 15.1. The van der Waals surface area contributed by atoms with Gasteiger partial charge in [0.1, 0.15) is 5.75 Å². The summed E-state index contributed by atoms with van der Waals surface area (Å²) in [4.78, 5) is 10.9. The molecule has 146 valence electrons. The van der Waals surface area contributed by atoms with Crippen molar-refractivity contribution < 1.29 is 41.0 Å². The Labute approximate surface area is 152 Å². The summed E-state index contributed by atoms with van der Waals surface area (Å²) >= 11 is 5.92. The number of hydrogen-bond acceptors (Lipinski definition) is 5. The Morgan fingerprint density at radius 2 is 2.00 bits per heavy atom. The van der Waals surface area contributed by atoms with Crippen molar-refractivity contribution in [2.24, 2.45) is 5.92 Å². The van der Waals surface area contributed by atoms with Crippen LogP contribution in [0.3, 0.4) is 0 Å². The van der Waals surface area contributed by atoms with Crippen LogP contribution < -0.4 is 4.74 Å². The van der Waals surface area contributed by atoms with Crippen LogP contribution in [0.2, 0.25) is 5.02 Å². The molecule has 0 aromatic heterocycles. The van der Waals surface area contributed by atoms with Crippen molar-refractivity contribution in [1.82, 2.24) is 0 Å². The van der Waals surface area contributed by atoms with E-state index >= 15 is 0 Å². The fraction of sp³-hybridized carbons (Fsp3) is 0.533. The summed E-state index contributed by atoms with van der Waals surface area (Å²) in [6.07, 6.45) is -5.44. The predicted octanol–water partition coefficient (Wildman–Crippen LogP) is 2.93. The fourth-order valence-electron chi connectivity index (χ4n) is 2.88. The van der Waals surface area contributed by atoms with E-state index in [4.69, 9.17) is 16.3 Å². The molecule has 0 unspecified atom stereocenters. The molecule has 0 bridgehead atoms. The maximum absolute atomic E-state index is 12.8. The molecule has 1 aromatic carbocycles. The van der Waals surface area contributed by atoms with Gasteiger partial charge < -0.3 is 14.6 Å². The number of benzene rings is 1. The molecule has 0 amide bonds. The number of alkyl halides is 3. The van der Waals surface area contributed by atoms with Crippen molar-refractivity contribution in [1.29, 1.82) is 0 Å². The molecule has 1 N–H and O–H groups in total. The standard InChI is InChI=1S/C15H16ClF3O6S/c1-24-12-6-9(5-10(12)14(20)21)26(22,23)13-3-2-8(4-11(13)16)25-7-15(17,18)19/h2-4,9-10,12H,5-7H2,1H3,(H,20,21)/t9-,10-,12-/m0/s1. The van der Waals surface area contributed by atoms with Crippen molar-refractivity contribution in [3.8, 4) is 5.75 Å². The molecule has 26 heavy (non-hydrogen) atoms. The Kier molecular flexibility index (Phi) is 6.09. The summed E-state index contributed by atoms with van der Waals surface area (Å²) in [5, 5.41) is 7.86. The minimum atomic E-state index is -4.54. The largest absolute Gasteiger partial charge is 0.484 e. The number of carboxylic acid groups (broad SMARTS) is 1. The number of sulfone groups is 1. The van der Waals surface area contributed by atoms with E-state index in [0.717, 1.165) is 18.2 Å². The lowest BCUT2D eigenvalue weighted by Crippen LogP contribution is -2.24. The van der Waals surface area contributed by atoms with E-state index in [-0.39, 0.29) is 28.5 Å². The van der Waals surface area contributed by atoms with Crippen molar-refractivity contribution in [2.45, 2.75) is 35.3 Å². The van der Waals surface area contributed by atoms with Crippen LogP contribution in [0.15, 0.2) is 23.1 Å². The van der Waals surface area contributed by atoms with Gasteiger partial charge in [-0.2, -0.15) is 13.2 Å². The molecular weight excluding hydrogens is 401 g/mol. The number of aliphatic carboxylic acids is 1. The van der Waals surface area contributed by atoms with Crippen LogP contribution in [0, 0.1) is 5.92 Å². The molecule has 1 aliphatic carbocycles. The fourth-order valence-corrected chi connectivity index (χ4v) is 5.22. The van der Waals surface area contributed by atoms with Gasteiger partial charge in [-0.15, -0.1) is 0 Å². The smallest absolute Gasteiger partial charge is 0.422 e. The molecule has 3 atom stereocenters. The lowest BCUT2D eigenvalue weighted by molar-refractivity contribution is -0.153. The molecule has 6 nitrogen and oxygen atoms in total. The van der Waals surface area contributed by atoms with Crippen molar-refractivity contribution >= 4 is 27.4 Å². The van der Waals surface area contributed by atoms with Crippen molar-refractivity contribution in [3.05, 3.63) is 23.2 Å². The summed E-state index contributed by atoms with van der Waals surface area (Å²) < 4.78 is 71.6.